The highest BCUT2D eigenvalue weighted by atomic mass is 16.5. The van der Waals surface area contributed by atoms with Crippen molar-refractivity contribution in [3.8, 4) is 0 Å². The lowest BCUT2D eigenvalue weighted by Gasteiger charge is -2.15. The molecule has 47 heavy (non-hydrogen) atoms. The number of carbonyl (C=O) groups is 1. The molecule has 0 bridgehead atoms. The Morgan fingerprint density at radius 3 is 1.21 bits per heavy atom. The minimum atomic E-state index is 0. The SMILES string of the molecule is CCCCC/C=C\C/C=C\CCCCCCCCC(CCCCCCCC/C=C\C/C=C\CCCCC)OC=O.CN(C)CCCN.[HH]. The Morgan fingerprint density at radius 2 is 0.894 bits per heavy atom. The van der Waals surface area contributed by atoms with Crippen molar-refractivity contribution in [2.75, 3.05) is 27.2 Å². The molecule has 4 heteroatoms. The summed E-state index contributed by atoms with van der Waals surface area (Å²) in [6.45, 7) is 7.09. The summed E-state index contributed by atoms with van der Waals surface area (Å²) in [6.07, 6.45) is 52.5. The zero-order valence-electron chi connectivity index (χ0n) is 32.1. The summed E-state index contributed by atoms with van der Waals surface area (Å²) in [7, 11) is 4.10. The molecule has 0 radical (unpaired) electrons. The first-order chi connectivity index (χ1) is 23.1. The maximum atomic E-state index is 10.9. The first-order valence-corrected chi connectivity index (χ1v) is 20.2. The third kappa shape index (κ3) is 46.5. The van der Waals surface area contributed by atoms with Crippen molar-refractivity contribution in [2.24, 2.45) is 5.73 Å². The molecular formula is C43H84N2O2. The van der Waals surface area contributed by atoms with Crippen LogP contribution in [-0.4, -0.2) is 44.7 Å². The zero-order valence-corrected chi connectivity index (χ0v) is 32.1. The number of rotatable bonds is 35. The highest BCUT2D eigenvalue weighted by Gasteiger charge is 2.08. The second kappa shape index (κ2) is 44.4. The lowest BCUT2D eigenvalue weighted by atomic mass is 10.0. The van der Waals surface area contributed by atoms with Crippen molar-refractivity contribution in [1.29, 1.82) is 0 Å². The third-order valence-electron chi connectivity index (χ3n) is 8.51. The quantitative estimate of drug-likeness (QED) is 0.0417. The largest absolute Gasteiger partial charge is 0.465 e. The number of unbranched alkanes of at least 4 members (excludes halogenated alkanes) is 18. The average molecular weight is 661 g/mol. The van der Waals surface area contributed by atoms with Crippen LogP contribution in [-0.2, 0) is 9.53 Å². The van der Waals surface area contributed by atoms with Gasteiger partial charge in [-0.1, -0.05) is 140 Å². The van der Waals surface area contributed by atoms with Gasteiger partial charge < -0.3 is 15.4 Å². The van der Waals surface area contributed by atoms with Gasteiger partial charge in [0.25, 0.3) is 6.47 Å². The Hall–Kier alpha value is -1.65. The fourth-order valence-electron chi connectivity index (χ4n) is 5.49. The third-order valence-corrected chi connectivity index (χ3v) is 8.51. The molecule has 0 aromatic rings. The first-order valence-electron chi connectivity index (χ1n) is 20.2. The van der Waals surface area contributed by atoms with Crippen LogP contribution in [0.5, 0.6) is 0 Å². The van der Waals surface area contributed by atoms with Gasteiger partial charge in [0.15, 0.2) is 0 Å². The summed E-state index contributed by atoms with van der Waals surface area (Å²) >= 11 is 0. The van der Waals surface area contributed by atoms with Crippen molar-refractivity contribution in [3.05, 3.63) is 48.6 Å². The first kappa shape index (κ1) is 47.5. The van der Waals surface area contributed by atoms with E-state index in [1.54, 1.807) is 0 Å². The molecule has 0 heterocycles. The second-order valence-electron chi connectivity index (χ2n) is 13.5. The van der Waals surface area contributed by atoms with Gasteiger partial charge in [-0.05, 0) is 123 Å². The van der Waals surface area contributed by atoms with E-state index in [-0.39, 0.29) is 7.53 Å². The second-order valence-corrected chi connectivity index (χ2v) is 13.5. The minimum Gasteiger partial charge on any atom is -0.465 e. The lowest BCUT2D eigenvalue weighted by molar-refractivity contribution is -0.134. The van der Waals surface area contributed by atoms with E-state index in [4.69, 9.17) is 10.5 Å². The smallest absolute Gasteiger partial charge is 0.293 e. The Balaban J connectivity index is -0.00000226. The van der Waals surface area contributed by atoms with E-state index >= 15 is 0 Å². The summed E-state index contributed by atoms with van der Waals surface area (Å²) in [5.74, 6) is 0. The van der Waals surface area contributed by atoms with Crippen LogP contribution in [0.15, 0.2) is 48.6 Å². The van der Waals surface area contributed by atoms with Gasteiger partial charge in [-0.25, -0.2) is 0 Å². The molecular weight excluding hydrogens is 576 g/mol. The van der Waals surface area contributed by atoms with Crippen LogP contribution in [0.1, 0.15) is 189 Å². The Morgan fingerprint density at radius 1 is 0.532 bits per heavy atom. The van der Waals surface area contributed by atoms with Gasteiger partial charge in [0.05, 0.1) is 0 Å². The summed E-state index contributed by atoms with van der Waals surface area (Å²) < 4.78 is 5.39. The number of allylic oxidation sites excluding steroid dienone is 8. The van der Waals surface area contributed by atoms with Crippen LogP contribution >= 0.6 is 0 Å². The van der Waals surface area contributed by atoms with Gasteiger partial charge in [0.1, 0.15) is 6.10 Å². The molecule has 0 fully saturated rings. The predicted molar refractivity (Wildman–Crippen MR) is 213 cm³/mol. The average Bonchev–Trinajstić information content (AvgIpc) is 3.07. The van der Waals surface area contributed by atoms with E-state index in [9.17, 15) is 4.79 Å². The van der Waals surface area contributed by atoms with E-state index in [2.05, 4.69) is 81.5 Å². The minimum absolute atomic E-state index is 0. The fraction of sp³-hybridized carbons (Fsp3) is 0.791. The molecule has 0 spiro atoms. The molecule has 278 valence electrons. The molecule has 0 aromatic heterocycles. The molecule has 0 aromatic carbocycles. The molecule has 4 nitrogen and oxygen atoms in total. The van der Waals surface area contributed by atoms with Crippen molar-refractivity contribution in [1.82, 2.24) is 4.90 Å². The zero-order chi connectivity index (χ0) is 34.7. The molecule has 2 N–H and O–H groups in total. The van der Waals surface area contributed by atoms with Gasteiger partial charge in [-0.15, -0.1) is 0 Å². The normalized spacial score (nSPS) is 12.0. The van der Waals surface area contributed by atoms with E-state index in [1.807, 2.05) is 0 Å². The molecule has 0 amide bonds. The van der Waals surface area contributed by atoms with Crippen LogP contribution in [0.2, 0.25) is 0 Å². The molecule has 0 saturated heterocycles. The topological polar surface area (TPSA) is 55.6 Å². The molecule has 0 rings (SSSR count). The molecule has 0 aliphatic carbocycles. The van der Waals surface area contributed by atoms with E-state index in [1.165, 1.54) is 141 Å². The van der Waals surface area contributed by atoms with Crippen LogP contribution < -0.4 is 5.73 Å². The summed E-state index contributed by atoms with van der Waals surface area (Å²) in [4.78, 5) is 13.1. The maximum absolute atomic E-state index is 10.9. The van der Waals surface area contributed by atoms with E-state index in [0.29, 0.717) is 6.47 Å². The van der Waals surface area contributed by atoms with Crippen molar-refractivity contribution in [2.45, 2.75) is 193 Å². The van der Waals surface area contributed by atoms with Gasteiger partial charge in [0, 0.05) is 1.43 Å². The number of hydrogen-bond donors (Lipinski definition) is 1. The summed E-state index contributed by atoms with van der Waals surface area (Å²) in [5.41, 5.74) is 5.25. The van der Waals surface area contributed by atoms with Crippen molar-refractivity contribution < 1.29 is 11.0 Å². The lowest BCUT2D eigenvalue weighted by Crippen LogP contribution is -2.16. The highest BCUT2D eigenvalue weighted by Crippen LogP contribution is 2.17. The maximum Gasteiger partial charge on any atom is 0.293 e. The van der Waals surface area contributed by atoms with Gasteiger partial charge in [0.2, 0.25) is 0 Å². The van der Waals surface area contributed by atoms with Crippen LogP contribution in [0, 0.1) is 0 Å². The number of hydrogen-bond acceptors (Lipinski definition) is 4. The standard InChI is InChI=1S/C38H68O2.C5H14N2.H2/c1-3-5-7-9-11-13-15-17-19-21-23-25-27-29-31-33-35-38(40-37-39)36-34-32-30-28-26-24-22-20-18-16-14-12-10-8-6-4-2;1-7(2)5-3-4-6;/h11-14,17-20,37-38H,3-10,15-16,21-36H2,1-2H3;3-6H2,1-2H3;1H/b13-11-,14-12-,19-17-,20-18-;;. The van der Waals surface area contributed by atoms with Crippen molar-refractivity contribution in [3.63, 3.8) is 0 Å². The Bertz CT molecular complexity index is 657. The molecule has 0 atom stereocenters. The Kier molecular flexibility index (Phi) is 44.8. The monoisotopic (exact) mass is 661 g/mol. The Labute approximate surface area is 296 Å². The van der Waals surface area contributed by atoms with Crippen molar-refractivity contribution >= 4 is 6.47 Å². The van der Waals surface area contributed by atoms with E-state index in [0.717, 1.165) is 45.2 Å². The highest BCUT2D eigenvalue weighted by molar-refractivity contribution is 5.37. The molecule has 0 saturated carbocycles. The fourth-order valence-corrected chi connectivity index (χ4v) is 5.49. The van der Waals surface area contributed by atoms with Crippen LogP contribution in [0.4, 0.5) is 0 Å². The predicted octanol–water partition coefficient (Wildman–Crippen LogP) is 13.1. The molecule has 0 unspecified atom stereocenters. The van der Waals surface area contributed by atoms with Crippen LogP contribution in [0.25, 0.3) is 0 Å². The number of nitrogens with two attached hydrogens (primary N) is 1. The molecule has 0 aliphatic rings. The summed E-state index contributed by atoms with van der Waals surface area (Å²) in [6, 6.07) is 0. The number of nitrogens with zero attached hydrogens (tertiary/aromatic N) is 1. The van der Waals surface area contributed by atoms with E-state index < -0.39 is 0 Å². The number of ether oxygens (including phenoxy) is 1. The van der Waals surface area contributed by atoms with Crippen LogP contribution in [0.3, 0.4) is 0 Å². The number of carbonyl (C=O) groups excluding carboxylic acids is 1. The van der Waals surface area contributed by atoms with Gasteiger partial charge in [-0.2, -0.15) is 0 Å². The molecule has 0 aliphatic heterocycles. The summed E-state index contributed by atoms with van der Waals surface area (Å²) in [5, 5.41) is 0. The van der Waals surface area contributed by atoms with Gasteiger partial charge in [-0.3, -0.25) is 4.79 Å². The van der Waals surface area contributed by atoms with Gasteiger partial charge >= 0.3 is 0 Å².